The summed E-state index contributed by atoms with van der Waals surface area (Å²) in [6.07, 6.45) is 0. The van der Waals surface area contributed by atoms with Crippen molar-refractivity contribution in [3.8, 4) is 0 Å². The molecule has 1 unspecified atom stereocenters. The van der Waals surface area contributed by atoms with Crippen LogP contribution in [0.5, 0.6) is 0 Å². The van der Waals surface area contributed by atoms with Crippen LogP contribution in [0.3, 0.4) is 0 Å². The van der Waals surface area contributed by atoms with Crippen molar-refractivity contribution in [1.29, 1.82) is 0 Å². The highest BCUT2D eigenvalue weighted by atomic mass is 16.3. The summed E-state index contributed by atoms with van der Waals surface area (Å²) < 4.78 is 0. The lowest BCUT2D eigenvalue weighted by Crippen LogP contribution is -2.44. The van der Waals surface area contributed by atoms with E-state index in [1.165, 1.54) is 10.8 Å². The van der Waals surface area contributed by atoms with E-state index in [0.29, 0.717) is 5.92 Å². The van der Waals surface area contributed by atoms with Crippen molar-refractivity contribution in [2.45, 2.75) is 26.3 Å². The Balaban J connectivity index is 2.34. The number of aliphatic hydroxyl groups excluding tert-OH is 1. The molecule has 102 valence electrons. The van der Waals surface area contributed by atoms with Crippen LogP contribution in [0.2, 0.25) is 0 Å². The minimum atomic E-state index is -0.381. The van der Waals surface area contributed by atoms with Gasteiger partial charge in [-0.05, 0) is 41.8 Å². The molecule has 2 aromatic carbocycles. The predicted octanol–water partition coefficient (Wildman–Crippen LogP) is 3.29. The Bertz CT molecular complexity index is 550. The fourth-order valence-corrected chi connectivity index (χ4v) is 2.21. The summed E-state index contributed by atoms with van der Waals surface area (Å²) in [7, 11) is 0. The lowest BCUT2D eigenvalue weighted by molar-refractivity contribution is 0.171. The van der Waals surface area contributed by atoms with Gasteiger partial charge in [-0.2, -0.15) is 0 Å². The van der Waals surface area contributed by atoms with Gasteiger partial charge in [-0.25, -0.2) is 0 Å². The van der Waals surface area contributed by atoms with Gasteiger partial charge in [0.2, 0.25) is 0 Å². The number of hydrogen-bond donors (Lipinski definition) is 2. The van der Waals surface area contributed by atoms with Crippen LogP contribution < -0.4 is 5.32 Å². The third kappa shape index (κ3) is 3.14. The lowest BCUT2D eigenvalue weighted by atomic mass is 9.90. The molecule has 0 spiro atoms. The normalized spacial score (nSPS) is 14.8. The maximum Gasteiger partial charge on any atom is 0.0652 e. The van der Waals surface area contributed by atoms with Crippen molar-refractivity contribution < 1.29 is 5.11 Å². The van der Waals surface area contributed by atoms with Crippen molar-refractivity contribution >= 4 is 10.8 Å². The fraction of sp³-hybridized carbons (Fsp3) is 0.412. The first-order valence-electron chi connectivity index (χ1n) is 6.90. The Morgan fingerprint density at radius 1 is 1.11 bits per heavy atom. The molecule has 0 fully saturated rings. The van der Waals surface area contributed by atoms with Gasteiger partial charge in [0, 0.05) is 0 Å². The predicted molar refractivity (Wildman–Crippen MR) is 81.2 cm³/mol. The molecule has 0 radical (unpaired) electrons. The number of fused-ring (bicyclic) bond motifs is 1. The fourth-order valence-electron chi connectivity index (χ4n) is 2.21. The van der Waals surface area contributed by atoms with Crippen molar-refractivity contribution in [3.63, 3.8) is 0 Å². The van der Waals surface area contributed by atoms with E-state index in [1.54, 1.807) is 0 Å². The van der Waals surface area contributed by atoms with Gasteiger partial charge < -0.3 is 10.4 Å². The van der Waals surface area contributed by atoms with Gasteiger partial charge in [0.15, 0.2) is 0 Å². The van der Waals surface area contributed by atoms with Crippen molar-refractivity contribution in [3.05, 3.63) is 48.0 Å². The first kappa shape index (κ1) is 14.0. The minimum Gasteiger partial charge on any atom is -0.394 e. The quantitative estimate of drug-likeness (QED) is 0.861. The topological polar surface area (TPSA) is 32.3 Å². The Hall–Kier alpha value is -1.38. The Kier molecular flexibility index (Phi) is 4.23. The molecule has 0 aliphatic carbocycles. The standard InChI is InChI=1S/C17H23NO/c1-13(2)11-18-17(3,12-19)16-9-8-14-6-4-5-7-15(14)10-16/h4-10,13,18-19H,11-12H2,1-3H3. The van der Waals surface area contributed by atoms with Crippen LogP contribution in [0.15, 0.2) is 42.5 Å². The van der Waals surface area contributed by atoms with Gasteiger partial charge in [0.05, 0.1) is 12.1 Å². The Labute approximate surface area is 115 Å². The third-order valence-corrected chi connectivity index (χ3v) is 3.60. The van der Waals surface area contributed by atoms with Gasteiger partial charge >= 0.3 is 0 Å². The number of nitrogens with one attached hydrogen (secondary N) is 1. The first-order chi connectivity index (χ1) is 9.05. The zero-order chi connectivity index (χ0) is 13.9. The van der Waals surface area contributed by atoms with Crippen molar-refractivity contribution in [1.82, 2.24) is 5.32 Å². The molecule has 19 heavy (non-hydrogen) atoms. The number of rotatable bonds is 5. The molecule has 2 N–H and O–H groups in total. The van der Waals surface area contributed by atoms with Crippen LogP contribution in [0.25, 0.3) is 10.8 Å². The SMILES string of the molecule is CC(C)CNC(C)(CO)c1ccc2ccccc2c1. The maximum atomic E-state index is 9.76. The summed E-state index contributed by atoms with van der Waals surface area (Å²) >= 11 is 0. The molecule has 0 heterocycles. The van der Waals surface area contributed by atoms with E-state index in [4.69, 9.17) is 0 Å². The van der Waals surface area contributed by atoms with E-state index in [-0.39, 0.29) is 12.1 Å². The summed E-state index contributed by atoms with van der Waals surface area (Å²) in [5.74, 6) is 0.561. The van der Waals surface area contributed by atoms with Crippen LogP contribution in [0, 0.1) is 5.92 Å². The molecule has 2 nitrogen and oxygen atoms in total. The van der Waals surface area contributed by atoms with Gasteiger partial charge in [-0.1, -0.05) is 50.2 Å². The Morgan fingerprint density at radius 3 is 2.42 bits per heavy atom. The smallest absolute Gasteiger partial charge is 0.0652 e. The summed E-state index contributed by atoms with van der Waals surface area (Å²) in [6, 6.07) is 14.7. The van der Waals surface area contributed by atoms with Crippen LogP contribution in [0.1, 0.15) is 26.3 Å². The van der Waals surface area contributed by atoms with E-state index in [2.05, 4.69) is 56.4 Å². The molecule has 0 aliphatic heterocycles. The molecule has 0 amide bonds. The average molecular weight is 257 g/mol. The molecule has 2 rings (SSSR count). The molecular formula is C17H23NO. The van der Waals surface area contributed by atoms with E-state index < -0.39 is 0 Å². The highest BCUT2D eigenvalue weighted by Crippen LogP contribution is 2.25. The molecular weight excluding hydrogens is 234 g/mol. The second-order valence-corrected chi connectivity index (χ2v) is 5.83. The van der Waals surface area contributed by atoms with Crippen molar-refractivity contribution in [2.24, 2.45) is 5.92 Å². The van der Waals surface area contributed by atoms with E-state index >= 15 is 0 Å². The van der Waals surface area contributed by atoms with Gasteiger partial charge in [-0.3, -0.25) is 0 Å². The summed E-state index contributed by atoms with van der Waals surface area (Å²) in [5.41, 5.74) is 0.753. The molecule has 0 saturated heterocycles. The van der Waals surface area contributed by atoms with Gasteiger partial charge in [0.1, 0.15) is 0 Å². The number of hydrogen-bond acceptors (Lipinski definition) is 2. The second-order valence-electron chi connectivity index (χ2n) is 5.83. The molecule has 2 heteroatoms. The summed E-state index contributed by atoms with van der Waals surface area (Å²) in [6.45, 7) is 7.39. The van der Waals surface area contributed by atoms with Gasteiger partial charge in [-0.15, -0.1) is 0 Å². The zero-order valence-electron chi connectivity index (χ0n) is 12.0. The molecule has 0 saturated carbocycles. The highest BCUT2D eigenvalue weighted by molar-refractivity contribution is 5.83. The van der Waals surface area contributed by atoms with Crippen LogP contribution in [-0.2, 0) is 5.54 Å². The second kappa shape index (κ2) is 5.72. The molecule has 1 atom stereocenters. The summed E-state index contributed by atoms with van der Waals surface area (Å²) in [4.78, 5) is 0. The number of aliphatic hydroxyl groups is 1. The molecule has 2 aromatic rings. The largest absolute Gasteiger partial charge is 0.394 e. The van der Waals surface area contributed by atoms with Crippen molar-refractivity contribution in [2.75, 3.05) is 13.2 Å². The van der Waals surface area contributed by atoms with E-state index in [9.17, 15) is 5.11 Å². The van der Waals surface area contributed by atoms with E-state index in [0.717, 1.165) is 12.1 Å². The maximum absolute atomic E-state index is 9.76. The average Bonchev–Trinajstić information content (AvgIpc) is 2.44. The molecule has 0 bridgehead atoms. The minimum absolute atomic E-state index is 0.0953. The summed E-state index contributed by atoms with van der Waals surface area (Å²) in [5, 5.41) is 15.7. The highest BCUT2D eigenvalue weighted by Gasteiger charge is 2.25. The number of benzene rings is 2. The van der Waals surface area contributed by atoms with Gasteiger partial charge in [0.25, 0.3) is 0 Å². The van der Waals surface area contributed by atoms with E-state index in [1.807, 2.05) is 12.1 Å². The molecule has 0 aliphatic rings. The molecule has 0 aromatic heterocycles. The van der Waals surface area contributed by atoms with Crippen LogP contribution in [-0.4, -0.2) is 18.3 Å². The lowest BCUT2D eigenvalue weighted by Gasteiger charge is -2.30. The Morgan fingerprint density at radius 2 is 1.79 bits per heavy atom. The first-order valence-corrected chi connectivity index (χ1v) is 6.90. The zero-order valence-corrected chi connectivity index (χ0v) is 12.0. The third-order valence-electron chi connectivity index (χ3n) is 3.60. The monoisotopic (exact) mass is 257 g/mol. The van der Waals surface area contributed by atoms with Crippen LogP contribution in [0.4, 0.5) is 0 Å². The van der Waals surface area contributed by atoms with Crippen LogP contribution >= 0.6 is 0 Å².